The van der Waals surface area contributed by atoms with Crippen molar-refractivity contribution in [1.82, 2.24) is 0 Å². The van der Waals surface area contributed by atoms with E-state index in [9.17, 15) is 14.4 Å². The van der Waals surface area contributed by atoms with E-state index in [0.29, 0.717) is 19.3 Å². The number of hydrogen-bond donors (Lipinski definition) is 0. The minimum atomic E-state index is -0.761. The first-order valence-corrected chi connectivity index (χ1v) is 26.9. The van der Waals surface area contributed by atoms with E-state index in [2.05, 4.69) is 27.7 Å². The van der Waals surface area contributed by atoms with E-state index in [0.717, 1.165) is 63.7 Å². The summed E-state index contributed by atoms with van der Waals surface area (Å²) in [5.41, 5.74) is 0. The summed E-state index contributed by atoms with van der Waals surface area (Å²) in [5, 5.41) is 0. The number of hydrogen-bond acceptors (Lipinski definition) is 6. The molecule has 1 atom stereocenters. The fraction of sp³-hybridized carbons (Fsp3) is 0.944. The van der Waals surface area contributed by atoms with Crippen LogP contribution in [0.15, 0.2) is 0 Å². The molecule has 6 nitrogen and oxygen atoms in total. The molecule has 0 fully saturated rings. The summed E-state index contributed by atoms with van der Waals surface area (Å²) < 4.78 is 16.8. The van der Waals surface area contributed by atoms with Gasteiger partial charge in [-0.05, 0) is 25.2 Å². The first kappa shape index (κ1) is 58.4. The van der Waals surface area contributed by atoms with Crippen LogP contribution in [0.25, 0.3) is 0 Å². The van der Waals surface area contributed by atoms with E-state index in [-0.39, 0.29) is 31.1 Å². The Bertz CT molecular complexity index is 903. The zero-order valence-corrected chi connectivity index (χ0v) is 40.9. The number of esters is 3. The molecule has 0 saturated heterocycles. The molecule has 6 heteroatoms. The number of rotatable bonds is 49. The van der Waals surface area contributed by atoms with Crippen molar-refractivity contribution in [2.75, 3.05) is 13.2 Å². The van der Waals surface area contributed by atoms with Crippen molar-refractivity contribution in [3.63, 3.8) is 0 Å². The second kappa shape index (κ2) is 48.4. The second-order valence-corrected chi connectivity index (χ2v) is 19.0. The predicted molar refractivity (Wildman–Crippen MR) is 257 cm³/mol. The smallest absolute Gasteiger partial charge is 0.306 e. The maximum absolute atomic E-state index is 12.8. The average molecular weight is 849 g/mol. The summed E-state index contributed by atoms with van der Waals surface area (Å²) in [4.78, 5) is 37.9. The van der Waals surface area contributed by atoms with E-state index in [4.69, 9.17) is 14.2 Å². The molecular weight excluding hydrogens is 745 g/mol. The van der Waals surface area contributed by atoms with Gasteiger partial charge >= 0.3 is 17.9 Å². The lowest BCUT2D eigenvalue weighted by atomic mass is 10.0. The van der Waals surface area contributed by atoms with Crippen LogP contribution in [0, 0.1) is 5.92 Å². The van der Waals surface area contributed by atoms with Gasteiger partial charge in [-0.2, -0.15) is 0 Å². The summed E-state index contributed by atoms with van der Waals surface area (Å²) in [7, 11) is 0. The largest absolute Gasteiger partial charge is 0.462 e. The van der Waals surface area contributed by atoms with Crippen LogP contribution in [0.3, 0.4) is 0 Å². The molecule has 0 N–H and O–H groups in total. The summed E-state index contributed by atoms with van der Waals surface area (Å²) in [5.74, 6) is -0.0509. The van der Waals surface area contributed by atoms with E-state index in [1.807, 2.05) is 0 Å². The average Bonchev–Trinajstić information content (AvgIpc) is 3.23. The van der Waals surface area contributed by atoms with Gasteiger partial charge in [-0.3, -0.25) is 14.4 Å². The van der Waals surface area contributed by atoms with Crippen molar-refractivity contribution in [1.29, 1.82) is 0 Å². The van der Waals surface area contributed by atoms with Crippen LogP contribution in [-0.4, -0.2) is 37.2 Å². The molecule has 0 spiro atoms. The van der Waals surface area contributed by atoms with Crippen LogP contribution in [0.1, 0.15) is 304 Å². The highest BCUT2D eigenvalue weighted by Gasteiger charge is 2.19. The van der Waals surface area contributed by atoms with Crippen molar-refractivity contribution in [2.24, 2.45) is 5.92 Å². The molecule has 356 valence electrons. The zero-order valence-electron chi connectivity index (χ0n) is 40.9. The first-order valence-electron chi connectivity index (χ1n) is 26.9. The maximum Gasteiger partial charge on any atom is 0.306 e. The van der Waals surface area contributed by atoms with Crippen LogP contribution in [0.2, 0.25) is 0 Å². The lowest BCUT2D eigenvalue weighted by Crippen LogP contribution is -2.30. The molecule has 0 unspecified atom stereocenters. The number of unbranched alkanes of at least 4 members (excludes halogenated alkanes) is 36. The van der Waals surface area contributed by atoms with Crippen LogP contribution >= 0.6 is 0 Å². The minimum Gasteiger partial charge on any atom is -0.462 e. The Hall–Kier alpha value is -1.59. The van der Waals surface area contributed by atoms with Gasteiger partial charge in [0, 0.05) is 19.3 Å². The van der Waals surface area contributed by atoms with Gasteiger partial charge in [0.15, 0.2) is 6.10 Å². The van der Waals surface area contributed by atoms with Gasteiger partial charge in [-0.25, -0.2) is 0 Å². The van der Waals surface area contributed by atoms with Crippen molar-refractivity contribution in [2.45, 2.75) is 310 Å². The molecule has 0 aliphatic rings. The molecule has 0 aromatic rings. The molecule has 0 aromatic heterocycles. The van der Waals surface area contributed by atoms with Crippen LogP contribution in [-0.2, 0) is 28.6 Å². The van der Waals surface area contributed by atoms with Crippen molar-refractivity contribution >= 4 is 17.9 Å². The fourth-order valence-electron chi connectivity index (χ4n) is 8.22. The Labute approximate surface area is 374 Å². The molecule has 0 heterocycles. The molecule has 0 aliphatic heterocycles. The van der Waals surface area contributed by atoms with Gasteiger partial charge in [0.1, 0.15) is 13.2 Å². The Balaban J connectivity index is 4.25. The maximum atomic E-state index is 12.8. The molecule has 0 aromatic carbocycles. The zero-order chi connectivity index (χ0) is 43.8. The third kappa shape index (κ3) is 47.5. The summed E-state index contributed by atoms with van der Waals surface area (Å²) in [6.45, 7) is 9.00. The lowest BCUT2D eigenvalue weighted by molar-refractivity contribution is -0.167. The van der Waals surface area contributed by atoms with E-state index in [1.54, 1.807) is 0 Å². The minimum absolute atomic E-state index is 0.0630. The Morgan fingerprint density at radius 2 is 0.550 bits per heavy atom. The SMILES string of the molecule is CCCCCCCCCCCCCCCCCCCCC(=O)OC[C@H](COC(=O)CCCCCCCCCCCCCCC)OC(=O)CCCCCCCCCCC(C)C. The highest BCUT2D eigenvalue weighted by molar-refractivity contribution is 5.71. The summed E-state index contributed by atoms with van der Waals surface area (Å²) >= 11 is 0. The van der Waals surface area contributed by atoms with Gasteiger partial charge < -0.3 is 14.2 Å². The third-order valence-corrected chi connectivity index (χ3v) is 12.3. The van der Waals surface area contributed by atoms with Gasteiger partial charge in [-0.15, -0.1) is 0 Å². The molecule has 0 amide bonds. The van der Waals surface area contributed by atoms with E-state index < -0.39 is 6.10 Å². The molecular formula is C54H104O6. The van der Waals surface area contributed by atoms with Crippen molar-refractivity contribution in [3.8, 4) is 0 Å². The van der Waals surface area contributed by atoms with Gasteiger partial charge in [-0.1, -0.05) is 265 Å². The highest BCUT2D eigenvalue weighted by Crippen LogP contribution is 2.17. The van der Waals surface area contributed by atoms with Crippen LogP contribution in [0.5, 0.6) is 0 Å². The van der Waals surface area contributed by atoms with E-state index >= 15 is 0 Å². The van der Waals surface area contributed by atoms with Gasteiger partial charge in [0.05, 0.1) is 0 Å². The fourth-order valence-corrected chi connectivity index (χ4v) is 8.22. The standard InChI is InChI=1S/C54H104O6/c1-5-7-9-11-13-15-17-19-20-21-22-23-25-27-29-34-38-42-46-53(56)59-49-51(60-54(57)47-43-39-35-31-30-32-36-40-44-50(3)4)48-58-52(55)45-41-37-33-28-26-24-18-16-14-12-10-8-6-2/h50-51H,5-49H2,1-4H3/t51-/m0/s1. The second-order valence-electron chi connectivity index (χ2n) is 19.0. The van der Waals surface area contributed by atoms with Crippen molar-refractivity contribution in [3.05, 3.63) is 0 Å². The summed E-state index contributed by atoms with van der Waals surface area (Å²) in [6.07, 6.45) is 50.9. The topological polar surface area (TPSA) is 78.9 Å². The molecule has 0 bridgehead atoms. The molecule has 0 aliphatic carbocycles. The monoisotopic (exact) mass is 849 g/mol. The number of ether oxygens (including phenoxy) is 3. The highest BCUT2D eigenvalue weighted by atomic mass is 16.6. The van der Waals surface area contributed by atoms with Crippen molar-refractivity contribution < 1.29 is 28.6 Å². The Morgan fingerprint density at radius 1 is 0.317 bits per heavy atom. The predicted octanol–water partition coefficient (Wildman–Crippen LogP) is 17.5. The van der Waals surface area contributed by atoms with Gasteiger partial charge in [0.25, 0.3) is 0 Å². The Kier molecular flexibility index (Phi) is 47.2. The van der Waals surface area contributed by atoms with Gasteiger partial charge in [0.2, 0.25) is 0 Å². The lowest BCUT2D eigenvalue weighted by Gasteiger charge is -2.18. The quantitative estimate of drug-likeness (QED) is 0.0345. The molecule has 0 rings (SSSR count). The molecule has 60 heavy (non-hydrogen) atoms. The van der Waals surface area contributed by atoms with E-state index in [1.165, 1.54) is 199 Å². The first-order chi connectivity index (χ1) is 29.4. The molecule has 0 saturated carbocycles. The summed E-state index contributed by atoms with van der Waals surface area (Å²) in [6, 6.07) is 0. The van der Waals surface area contributed by atoms with Crippen LogP contribution < -0.4 is 0 Å². The Morgan fingerprint density at radius 3 is 0.817 bits per heavy atom. The number of carbonyl (C=O) groups excluding carboxylic acids is 3. The number of carbonyl (C=O) groups is 3. The van der Waals surface area contributed by atoms with Crippen LogP contribution in [0.4, 0.5) is 0 Å². The molecule has 0 radical (unpaired) electrons. The normalized spacial score (nSPS) is 11.9. The third-order valence-electron chi connectivity index (χ3n) is 12.3.